The quantitative estimate of drug-likeness (QED) is 0.803. The van der Waals surface area contributed by atoms with Crippen LogP contribution in [0, 0.1) is 0 Å². The van der Waals surface area contributed by atoms with Crippen LogP contribution in [0.2, 0.25) is 0 Å². The van der Waals surface area contributed by atoms with Crippen LogP contribution in [0.25, 0.3) is 0 Å². The molecule has 0 atom stereocenters. The minimum Gasteiger partial charge on any atom is -0.454 e. The molecule has 6 heteroatoms. The van der Waals surface area contributed by atoms with Crippen LogP contribution in [0.4, 0.5) is 5.82 Å². The van der Waals surface area contributed by atoms with Crippen molar-refractivity contribution in [2.75, 3.05) is 18.4 Å². The number of hydrogen-bond donors (Lipinski definition) is 2. The molecule has 2 N–H and O–H groups in total. The monoisotopic (exact) mass is 351 g/mol. The first-order valence-corrected chi connectivity index (χ1v) is 7.70. The molecule has 0 aliphatic rings. The lowest BCUT2D eigenvalue weighted by Crippen LogP contribution is -2.24. The zero-order chi connectivity index (χ0) is 15.1. The summed E-state index contributed by atoms with van der Waals surface area (Å²) in [6.07, 6.45) is 3.27. The van der Waals surface area contributed by atoms with Gasteiger partial charge in [-0.2, -0.15) is 0 Å². The summed E-state index contributed by atoms with van der Waals surface area (Å²) in [5.41, 5.74) is 0.573. The first kappa shape index (κ1) is 15.6. The zero-order valence-corrected chi connectivity index (χ0v) is 13.4. The minimum absolute atomic E-state index is 0.0867. The molecule has 21 heavy (non-hydrogen) atoms. The second-order valence-electron chi connectivity index (χ2n) is 4.57. The first-order chi connectivity index (χ1) is 10.2. The molecule has 1 amide bonds. The van der Waals surface area contributed by atoms with Gasteiger partial charge >= 0.3 is 0 Å². The summed E-state index contributed by atoms with van der Waals surface area (Å²) < 4.78 is 6.15. The van der Waals surface area contributed by atoms with Crippen molar-refractivity contribution in [3.63, 3.8) is 0 Å². The number of carbonyl (C=O) groups is 1. The van der Waals surface area contributed by atoms with Gasteiger partial charge < -0.3 is 15.1 Å². The third-order valence-electron chi connectivity index (χ3n) is 2.87. The highest BCUT2D eigenvalue weighted by Gasteiger charge is 2.05. The van der Waals surface area contributed by atoms with Crippen molar-refractivity contribution >= 4 is 27.7 Å². The van der Waals surface area contributed by atoms with Crippen molar-refractivity contribution in [2.24, 2.45) is 0 Å². The summed E-state index contributed by atoms with van der Waals surface area (Å²) in [7, 11) is 0. The van der Waals surface area contributed by atoms with Gasteiger partial charge in [0.05, 0.1) is 5.56 Å². The van der Waals surface area contributed by atoms with Crippen LogP contribution >= 0.6 is 15.9 Å². The fourth-order valence-electron chi connectivity index (χ4n) is 1.77. The third kappa shape index (κ3) is 4.90. The SMILES string of the molecule is CCCNC(=O)c1ccc(NCCc2ccc(Br)o2)nc1. The predicted molar refractivity (Wildman–Crippen MR) is 85.5 cm³/mol. The maximum atomic E-state index is 11.7. The van der Waals surface area contributed by atoms with E-state index < -0.39 is 0 Å². The van der Waals surface area contributed by atoms with Crippen molar-refractivity contribution in [1.82, 2.24) is 10.3 Å². The lowest BCUT2D eigenvalue weighted by atomic mass is 10.2. The lowest BCUT2D eigenvalue weighted by Gasteiger charge is -2.06. The Hall–Kier alpha value is -1.82. The molecule has 0 radical (unpaired) electrons. The standard InChI is InChI=1S/C15H18BrN3O2/c1-2-8-18-15(20)11-3-6-14(19-10-11)17-9-7-12-4-5-13(16)21-12/h3-6,10H,2,7-9H2,1H3,(H,17,19)(H,18,20). The number of rotatable bonds is 7. The molecule has 0 saturated carbocycles. The van der Waals surface area contributed by atoms with E-state index in [0.717, 1.165) is 29.1 Å². The summed E-state index contributed by atoms with van der Waals surface area (Å²) >= 11 is 3.27. The summed E-state index contributed by atoms with van der Waals surface area (Å²) in [6.45, 7) is 3.41. The third-order valence-corrected chi connectivity index (χ3v) is 3.29. The predicted octanol–water partition coefficient (Wildman–Crippen LogP) is 3.23. The molecule has 0 saturated heterocycles. The fraction of sp³-hybridized carbons (Fsp3) is 0.333. The van der Waals surface area contributed by atoms with Gasteiger partial charge in [0.1, 0.15) is 11.6 Å². The van der Waals surface area contributed by atoms with Crippen LogP contribution in [0.5, 0.6) is 0 Å². The number of anilines is 1. The van der Waals surface area contributed by atoms with Crippen LogP contribution in [-0.4, -0.2) is 24.0 Å². The molecule has 0 aromatic carbocycles. The molecule has 2 rings (SSSR count). The highest BCUT2D eigenvalue weighted by Crippen LogP contribution is 2.14. The molecule has 0 fully saturated rings. The lowest BCUT2D eigenvalue weighted by molar-refractivity contribution is 0.0953. The largest absolute Gasteiger partial charge is 0.454 e. The van der Waals surface area contributed by atoms with Gasteiger partial charge in [-0.25, -0.2) is 4.98 Å². The van der Waals surface area contributed by atoms with E-state index in [1.54, 1.807) is 18.3 Å². The number of pyridine rings is 1. The number of nitrogens with zero attached hydrogens (tertiary/aromatic N) is 1. The van der Waals surface area contributed by atoms with E-state index in [-0.39, 0.29) is 5.91 Å². The maximum absolute atomic E-state index is 11.7. The molecule has 0 unspecified atom stereocenters. The van der Waals surface area contributed by atoms with E-state index in [4.69, 9.17) is 4.42 Å². The van der Waals surface area contributed by atoms with Crippen LogP contribution in [0.3, 0.4) is 0 Å². The van der Waals surface area contributed by atoms with Crippen LogP contribution in [0.15, 0.2) is 39.5 Å². The first-order valence-electron chi connectivity index (χ1n) is 6.91. The van der Waals surface area contributed by atoms with Gasteiger partial charge in [-0.1, -0.05) is 6.92 Å². The fourth-order valence-corrected chi connectivity index (χ4v) is 2.11. The molecule has 112 valence electrons. The highest BCUT2D eigenvalue weighted by atomic mass is 79.9. The smallest absolute Gasteiger partial charge is 0.252 e. The number of carbonyl (C=O) groups excluding carboxylic acids is 1. The van der Waals surface area contributed by atoms with E-state index in [1.807, 2.05) is 19.1 Å². The second-order valence-corrected chi connectivity index (χ2v) is 5.35. The van der Waals surface area contributed by atoms with Crippen molar-refractivity contribution in [3.05, 3.63) is 46.5 Å². The number of aromatic nitrogens is 1. The van der Waals surface area contributed by atoms with E-state index in [0.29, 0.717) is 18.7 Å². The number of halogens is 1. The number of nitrogens with one attached hydrogen (secondary N) is 2. The van der Waals surface area contributed by atoms with Crippen molar-refractivity contribution in [2.45, 2.75) is 19.8 Å². The molecule has 5 nitrogen and oxygen atoms in total. The van der Waals surface area contributed by atoms with Gasteiger partial charge in [-0.05, 0) is 46.6 Å². The Morgan fingerprint density at radius 3 is 2.76 bits per heavy atom. The summed E-state index contributed by atoms with van der Waals surface area (Å²) in [4.78, 5) is 16.0. The molecule has 2 aromatic heterocycles. The van der Waals surface area contributed by atoms with Gasteiger partial charge in [0.2, 0.25) is 0 Å². The molecular weight excluding hydrogens is 334 g/mol. The Morgan fingerprint density at radius 1 is 1.29 bits per heavy atom. The minimum atomic E-state index is -0.0867. The van der Waals surface area contributed by atoms with Crippen LogP contribution < -0.4 is 10.6 Å². The summed E-state index contributed by atoms with van der Waals surface area (Å²) in [6, 6.07) is 7.38. The van der Waals surface area contributed by atoms with Crippen molar-refractivity contribution in [1.29, 1.82) is 0 Å². The second kappa shape index (κ2) is 7.83. The summed E-state index contributed by atoms with van der Waals surface area (Å²) in [5, 5.41) is 6.01. The molecule has 0 spiro atoms. The topological polar surface area (TPSA) is 67.2 Å². The van der Waals surface area contributed by atoms with Gasteiger partial charge in [-0.3, -0.25) is 4.79 Å². The van der Waals surface area contributed by atoms with Crippen LogP contribution in [0.1, 0.15) is 29.5 Å². The Morgan fingerprint density at radius 2 is 2.14 bits per heavy atom. The molecule has 0 aliphatic heterocycles. The molecule has 0 aliphatic carbocycles. The highest BCUT2D eigenvalue weighted by molar-refractivity contribution is 9.10. The van der Waals surface area contributed by atoms with Crippen molar-refractivity contribution < 1.29 is 9.21 Å². The normalized spacial score (nSPS) is 10.4. The van der Waals surface area contributed by atoms with E-state index in [9.17, 15) is 4.79 Å². The Bertz CT molecular complexity index is 581. The molecule has 0 bridgehead atoms. The Labute approximate surface area is 132 Å². The zero-order valence-electron chi connectivity index (χ0n) is 11.9. The number of amides is 1. The summed E-state index contributed by atoms with van der Waals surface area (Å²) in [5.74, 6) is 1.56. The molecule has 2 heterocycles. The average molecular weight is 352 g/mol. The Balaban J connectivity index is 1.80. The van der Waals surface area contributed by atoms with Gasteiger partial charge in [0.15, 0.2) is 4.67 Å². The average Bonchev–Trinajstić information content (AvgIpc) is 2.91. The molecular formula is C15H18BrN3O2. The number of hydrogen-bond acceptors (Lipinski definition) is 4. The van der Waals surface area contributed by atoms with Gasteiger partial charge in [0, 0.05) is 25.7 Å². The van der Waals surface area contributed by atoms with Gasteiger partial charge in [-0.15, -0.1) is 0 Å². The van der Waals surface area contributed by atoms with Gasteiger partial charge in [0.25, 0.3) is 5.91 Å². The van der Waals surface area contributed by atoms with E-state index >= 15 is 0 Å². The number of furan rings is 1. The van der Waals surface area contributed by atoms with Crippen LogP contribution in [-0.2, 0) is 6.42 Å². The Kier molecular flexibility index (Phi) is 5.80. The maximum Gasteiger partial charge on any atom is 0.252 e. The van der Waals surface area contributed by atoms with Crippen molar-refractivity contribution in [3.8, 4) is 0 Å². The van der Waals surface area contributed by atoms with E-state index in [2.05, 4.69) is 31.5 Å². The molecule has 2 aromatic rings. The van der Waals surface area contributed by atoms with E-state index in [1.165, 1.54) is 0 Å².